The van der Waals surface area contributed by atoms with Crippen LogP contribution in [0.15, 0.2) is 59.6 Å². The Morgan fingerprint density at radius 3 is 2.49 bits per heavy atom. The number of sulfonamides is 1. The predicted octanol–water partition coefficient (Wildman–Crippen LogP) is 2.26. The minimum absolute atomic E-state index is 0.0917. The number of rotatable bonds is 6. The number of nitrogens with one attached hydrogen (secondary N) is 1. The van der Waals surface area contributed by atoms with Gasteiger partial charge in [0.05, 0.1) is 23.1 Å². The van der Waals surface area contributed by atoms with Gasteiger partial charge in [0.15, 0.2) is 0 Å². The molecule has 4 N–H and O–H groups in total. The molecule has 1 amide bonds. The van der Waals surface area contributed by atoms with Crippen LogP contribution in [0, 0.1) is 0 Å². The molecular weight excluding hydrogens is 468 g/mol. The molecule has 3 aromatic rings. The minimum atomic E-state index is -3.52. The molecule has 2 heterocycles. The van der Waals surface area contributed by atoms with Gasteiger partial charge in [0.25, 0.3) is 5.91 Å². The zero-order valence-corrected chi connectivity index (χ0v) is 20.0. The van der Waals surface area contributed by atoms with Gasteiger partial charge in [-0.05, 0) is 54.3 Å². The molecule has 0 spiro atoms. The van der Waals surface area contributed by atoms with E-state index in [1.807, 2.05) is 6.07 Å². The molecule has 0 radical (unpaired) electrons. The number of aromatic nitrogens is 1. The minimum Gasteiger partial charge on any atom is -0.490 e. The van der Waals surface area contributed by atoms with Gasteiger partial charge in [0, 0.05) is 30.4 Å². The number of anilines is 1. The number of nitrogens with two attached hydrogens (primary N) is 1. The van der Waals surface area contributed by atoms with Crippen LogP contribution in [0.1, 0.15) is 23.2 Å². The molecule has 1 atom stereocenters. The van der Waals surface area contributed by atoms with Crippen LogP contribution >= 0.6 is 0 Å². The fourth-order valence-corrected chi connectivity index (χ4v) is 5.49. The normalized spacial score (nSPS) is 17.9. The number of amides is 1. The number of fused-ring (bicyclic) bond motifs is 1. The molecule has 182 valence electrons. The van der Waals surface area contributed by atoms with E-state index in [4.69, 9.17) is 10.5 Å². The van der Waals surface area contributed by atoms with Gasteiger partial charge in [-0.25, -0.2) is 13.4 Å². The van der Waals surface area contributed by atoms with Gasteiger partial charge in [-0.3, -0.25) is 4.79 Å². The zero-order chi connectivity index (χ0) is 24.7. The summed E-state index contributed by atoms with van der Waals surface area (Å²) in [6, 6.07) is 13.3. The molecule has 9 nitrogen and oxygen atoms in total. The van der Waals surface area contributed by atoms with Gasteiger partial charge in [0.1, 0.15) is 18.2 Å². The number of aliphatic hydroxyl groups is 1. The van der Waals surface area contributed by atoms with E-state index >= 15 is 0 Å². The Balaban J connectivity index is 1.45. The Hall–Kier alpha value is -3.47. The van der Waals surface area contributed by atoms with Crippen LogP contribution in [0.25, 0.3) is 22.3 Å². The number of carbonyl (C=O) groups is 1. The molecule has 2 aliphatic rings. The van der Waals surface area contributed by atoms with Crippen LogP contribution in [0.3, 0.4) is 0 Å². The molecule has 1 aliphatic heterocycles. The fourth-order valence-electron chi connectivity index (χ4n) is 4.07. The van der Waals surface area contributed by atoms with Crippen molar-refractivity contribution in [3.63, 3.8) is 0 Å². The quantitative estimate of drug-likeness (QED) is 0.478. The maximum Gasteiger partial charge on any atom is 0.255 e. The lowest BCUT2D eigenvalue weighted by Crippen LogP contribution is -2.39. The standard InChI is InChI=1S/C25H26N4O5S/c1-29(19-5-6-19)35(32,33)20-7-2-15(3-8-20)17-10-22(24(26)27-12-17)16-4-9-21-23(11-16)34-14-18(13-30)28-25(21)31/h2-4,7-12,18-19,30H,5-6,13-14H2,1H3,(H2,26,27)(H,28,31)/t18-/m0/s1. The average molecular weight is 495 g/mol. The topological polar surface area (TPSA) is 135 Å². The van der Waals surface area contributed by atoms with Crippen LogP contribution in [0.2, 0.25) is 0 Å². The number of aliphatic hydroxyl groups excluding tert-OH is 1. The fraction of sp³-hybridized carbons (Fsp3) is 0.280. The molecule has 0 bridgehead atoms. The lowest BCUT2D eigenvalue weighted by Gasteiger charge is -2.16. The first kappa shape index (κ1) is 23.3. The third-order valence-corrected chi connectivity index (χ3v) is 8.30. The molecule has 10 heteroatoms. The first-order valence-electron chi connectivity index (χ1n) is 11.3. The van der Waals surface area contributed by atoms with Crippen LogP contribution in [0.5, 0.6) is 5.75 Å². The average Bonchev–Trinajstić information content (AvgIpc) is 3.72. The van der Waals surface area contributed by atoms with Crippen molar-refractivity contribution >= 4 is 21.7 Å². The Labute approximate surface area is 203 Å². The number of carbonyl (C=O) groups excluding carboxylic acids is 1. The number of benzene rings is 2. The van der Waals surface area contributed by atoms with E-state index < -0.39 is 16.1 Å². The maximum atomic E-state index is 12.8. The number of nitrogen functional groups attached to an aromatic ring is 1. The molecule has 0 saturated heterocycles. The van der Waals surface area contributed by atoms with E-state index in [9.17, 15) is 18.3 Å². The SMILES string of the molecule is CN(C1CC1)S(=O)(=O)c1ccc(-c2cnc(N)c(-c3ccc4c(c3)OC[C@H](CO)NC4=O)c2)cc1. The number of hydrogen-bond donors (Lipinski definition) is 3. The zero-order valence-electron chi connectivity index (χ0n) is 19.1. The van der Waals surface area contributed by atoms with E-state index in [2.05, 4.69) is 10.3 Å². The third kappa shape index (κ3) is 4.47. The Bertz CT molecular complexity index is 1390. The van der Waals surface area contributed by atoms with Crippen molar-refractivity contribution in [3.05, 3.63) is 60.3 Å². The van der Waals surface area contributed by atoms with Crippen molar-refractivity contribution in [2.75, 3.05) is 26.0 Å². The van der Waals surface area contributed by atoms with Gasteiger partial charge in [0.2, 0.25) is 10.0 Å². The maximum absolute atomic E-state index is 12.8. The van der Waals surface area contributed by atoms with Gasteiger partial charge in [-0.15, -0.1) is 0 Å². The highest BCUT2D eigenvalue weighted by atomic mass is 32.2. The molecule has 1 fully saturated rings. The summed E-state index contributed by atoms with van der Waals surface area (Å²) in [6.45, 7) is -0.0693. The van der Waals surface area contributed by atoms with Crippen LogP contribution in [0.4, 0.5) is 5.82 Å². The first-order valence-corrected chi connectivity index (χ1v) is 12.7. The summed E-state index contributed by atoms with van der Waals surface area (Å²) >= 11 is 0. The molecule has 1 aliphatic carbocycles. The van der Waals surface area contributed by atoms with E-state index in [-0.39, 0.29) is 30.1 Å². The summed E-state index contributed by atoms with van der Waals surface area (Å²) < 4.78 is 32.8. The number of pyridine rings is 1. The lowest BCUT2D eigenvalue weighted by molar-refractivity contribution is 0.0914. The van der Waals surface area contributed by atoms with E-state index in [1.54, 1.807) is 55.7 Å². The summed E-state index contributed by atoms with van der Waals surface area (Å²) in [5.41, 5.74) is 9.49. The largest absolute Gasteiger partial charge is 0.490 e. The van der Waals surface area contributed by atoms with E-state index in [0.29, 0.717) is 22.7 Å². The summed E-state index contributed by atoms with van der Waals surface area (Å²) in [6.07, 6.45) is 3.43. The molecular formula is C25H26N4O5S. The highest BCUT2D eigenvalue weighted by molar-refractivity contribution is 7.89. The van der Waals surface area contributed by atoms with Gasteiger partial charge < -0.3 is 20.9 Å². The molecule has 5 rings (SSSR count). The van der Waals surface area contributed by atoms with Crippen LogP contribution in [-0.2, 0) is 10.0 Å². The second-order valence-electron chi connectivity index (χ2n) is 8.81. The first-order chi connectivity index (χ1) is 16.8. The summed E-state index contributed by atoms with van der Waals surface area (Å²) in [5, 5.41) is 12.1. The number of ether oxygens (including phenoxy) is 1. The van der Waals surface area contributed by atoms with Crippen molar-refractivity contribution < 1.29 is 23.1 Å². The van der Waals surface area contributed by atoms with Crippen molar-refractivity contribution in [2.45, 2.75) is 29.8 Å². The highest BCUT2D eigenvalue weighted by Gasteiger charge is 2.35. The van der Waals surface area contributed by atoms with Crippen molar-refractivity contribution in [2.24, 2.45) is 0 Å². The molecule has 35 heavy (non-hydrogen) atoms. The van der Waals surface area contributed by atoms with Crippen molar-refractivity contribution in [1.82, 2.24) is 14.6 Å². The molecule has 1 aromatic heterocycles. The van der Waals surface area contributed by atoms with Gasteiger partial charge in [-0.1, -0.05) is 18.2 Å². The van der Waals surface area contributed by atoms with E-state index in [0.717, 1.165) is 29.5 Å². The summed E-state index contributed by atoms with van der Waals surface area (Å²) in [5.74, 6) is 0.394. The molecule has 1 saturated carbocycles. The monoisotopic (exact) mass is 494 g/mol. The van der Waals surface area contributed by atoms with Crippen LogP contribution < -0.4 is 15.8 Å². The number of hydrogen-bond acceptors (Lipinski definition) is 7. The Kier molecular flexibility index (Phi) is 5.96. The predicted molar refractivity (Wildman–Crippen MR) is 131 cm³/mol. The van der Waals surface area contributed by atoms with E-state index in [1.165, 1.54) is 4.31 Å². The molecule has 2 aromatic carbocycles. The highest BCUT2D eigenvalue weighted by Crippen LogP contribution is 2.35. The van der Waals surface area contributed by atoms with Crippen molar-refractivity contribution in [1.29, 1.82) is 0 Å². The van der Waals surface area contributed by atoms with Crippen molar-refractivity contribution in [3.8, 4) is 28.0 Å². The molecule has 0 unspecified atom stereocenters. The Morgan fingerprint density at radius 1 is 1.09 bits per heavy atom. The smallest absolute Gasteiger partial charge is 0.255 e. The van der Waals surface area contributed by atoms with Crippen LogP contribution in [-0.4, -0.2) is 61.1 Å². The summed E-state index contributed by atoms with van der Waals surface area (Å²) in [7, 11) is -1.90. The van der Waals surface area contributed by atoms with Gasteiger partial charge >= 0.3 is 0 Å². The Morgan fingerprint density at radius 2 is 1.80 bits per heavy atom. The number of nitrogens with zero attached hydrogens (tertiary/aromatic N) is 2. The van der Waals surface area contributed by atoms with Gasteiger partial charge in [-0.2, -0.15) is 4.31 Å². The second kappa shape index (κ2) is 8.95. The summed E-state index contributed by atoms with van der Waals surface area (Å²) in [4.78, 5) is 17.0. The second-order valence-corrected chi connectivity index (χ2v) is 10.8. The third-order valence-electron chi connectivity index (χ3n) is 6.38. The lowest BCUT2D eigenvalue weighted by atomic mass is 9.99.